The van der Waals surface area contributed by atoms with Gasteiger partial charge in [-0.25, -0.2) is 14.6 Å². The van der Waals surface area contributed by atoms with E-state index < -0.39 is 11.8 Å². The molecule has 0 radical (unpaired) electrons. The molecule has 8 heteroatoms. The zero-order valence-corrected chi connectivity index (χ0v) is 26.3. The number of imidazole rings is 1. The Kier molecular flexibility index (Phi) is 9.82. The molecular weight excluding hydrogens is 564 g/mol. The van der Waals surface area contributed by atoms with Crippen molar-refractivity contribution in [2.75, 3.05) is 5.32 Å². The summed E-state index contributed by atoms with van der Waals surface area (Å²) in [4.78, 5) is 30.0. The van der Waals surface area contributed by atoms with E-state index in [1.807, 2.05) is 78.9 Å². The summed E-state index contributed by atoms with van der Waals surface area (Å²) in [5.41, 5.74) is 5.76. The number of para-hydroxylation sites is 1. The normalized spacial score (nSPS) is 11.3. The second-order valence-corrected chi connectivity index (χ2v) is 12.0. The highest BCUT2D eigenvalue weighted by Crippen LogP contribution is 2.31. The molecule has 0 bridgehead atoms. The lowest BCUT2D eigenvalue weighted by Crippen LogP contribution is -2.28. The standard InChI is InChI=1S/C37H40N4O4/c1-5-6-16-34-40-31-22-21-29(39-35(42)38-24-26-12-8-7-9-13-26)23-32(31)41(34)25-27-17-19-28(20-18-27)30-14-10-11-15-33(30)44-36(43)45-37(2,3)4/h7-15,17-23H,5-6,16,24-25H2,1-4H3,(H2,38,39,42). The maximum atomic E-state index is 12.7. The van der Waals surface area contributed by atoms with Crippen molar-refractivity contribution in [2.45, 2.75) is 65.6 Å². The maximum absolute atomic E-state index is 12.7. The van der Waals surface area contributed by atoms with Crippen LogP contribution in [0.25, 0.3) is 22.2 Å². The van der Waals surface area contributed by atoms with Gasteiger partial charge in [-0.15, -0.1) is 0 Å². The molecule has 0 atom stereocenters. The van der Waals surface area contributed by atoms with Crippen LogP contribution in [0.2, 0.25) is 0 Å². The van der Waals surface area contributed by atoms with Crippen LogP contribution in [0.1, 0.15) is 57.5 Å². The second-order valence-electron chi connectivity index (χ2n) is 12.0. The van der Waals surface area contributed by atoms with Crippen LogP contribution in [0.15, 0.2) is 97.1 Å². The molecule has 5 aromatic rings. The van der Waals surface area contributed by atoms with Gasteiger partial charge in [-0.1, -0.05) is 86.1 Å². The van der Waals surface area contributed by atoms with E-state index in [0.717, 1.165) is 58.4 Å². The molecule has 1 aromatic heterocycles. The Balaban J connectivity index is 1.35. The summed E-state index contributed by atoms with van der Waals surface area (Å²) in [5, 5.41) is 5.89. The molecule has 0 aliphatic heterocycles. The van der Waals surface area contributed by atoms with E-state index in [-0.39, 0.29) is 6.03 Å². The Labute approximate surface area is 264 Å². The molecule has 1 heterocycles. The minimum absolute atomic E-state index is 0.262. The lowest BCUT2D eigenvalue weighted by Gasteiger charge is -2.19. The molecule has 8 nitrogen and oxygen atoms in total. The monoisotopic (exact) mass is 604 g/mol. The molecule has 0 aliphatic carbocycles. The van der Waals surface area contributed by atoms with Crippen molar-refractivity contribution in [2.24, 2.45) is 0 Å². The summed E-state index contributed by atoms with van der Waals surface area (Å²) < 4.78 is 13.1. The second kappa shape index (κ2) is 14.1. The quantitative estimate of drug-likeness (QED) is 0.123. The number of carbonyl (C=O) groups excluding carboxylic acids is 2. The fraction of sp³-hybridized carbons (Fsp3) is 0.270. The van der Waals surface area contributed by atoms with E-state index in [1.54, 1.807) is 26.8 Å². The average Bonchev–Trinajstić information content (AvgIpc) is 3.35. The Morgan fingerprint density at radius 2 is 1.60 bits per heavy atom. The number of fused-ring (bicyclic) bond motifs is 1. The van der Waals surface area contributed by atoms with Gasteiger partial charge < -0.3 is 24.7 Å². The van der Waals surface area contributed by atoms with Crippen LogP contribution in [0.4, 0.5) is 15.3 Å². The number of amides is 2. The molecule has 232 valence electrons. The number of aromatic nitrogens is 2. The van der Waals surface area contributed by atoms with Gasteiger partial charge in [-0.3, -0.25) is 0 Å². The van der Waals surface area contributed by atoms with Gasteiger partial charge in [0.2, 0.25) is 0 Å². The number of ether oxygens (including phenoxy) is 2. The van der Waals surface area contributed by atoms with Crippen molar-refractivity contribution in [3.63, 3.8) is 0 Å². The minimum atomic E-state index is -0.735. The molecule has 2 N–H and O–H groups in total. The van der Waals surface area contributed by atoms with Crippen molar-refractivity contribution in [3.05, 3.63) is 114 Å². The van der Waals surface area contributed by atoms with Crippen LogP contribution in [-0.2, 0) is 24.2 Å². The number of carbonyl (C=O) groups is 2. The van der Waals surface area contributed by atoms with Crippen LogP contribution in [0, 0.1) is 0 Å². The summed E-state index contributed by atoms with van der Waals surface area (Å²) in [6.07, 6.45) is 2.22. The third-order valence-corrected chi connectivity index (χ3v) is 7.21. The van der Waals surface area contributed by atoms with Crippen LogP contribution in [0.3, 0.4) is 0 Å². The number of urea groups is 1. The predicted octanol–water partition coefficient (Wildman–Crippen LogP) is 8.73. The van der Waals surface area contributed by atoms with E-state index in [1.165, 1.54) is 0 Å². The molecule has 2 amide bonds. The van der Waals surface area contributed by atoms with Crippen molar-refractivity contribution < 1.29 is 19.1 Å². The molecular formula is C37H40N4O4. The third-order valence-electron chi connectivity index (χ3n) is 7.21. The highest BCUT2D eigenvalue weighted by Gasteiger charge is 2.20. The lowest BCUT2D eigenvalue weighted by molar-refractivity contribution is 0.0207. The van der Waals surface area contributed by atoms with Crippen molar-refractivity contribution in [1.82, 2.24) is 14.9 Å². The highest BCUT2D eigenvalue weighted by atomic mass is 16.7. The topological polar surface area (TPSA) is 94.5 Å². The number of aryl methyl sites for hydroxylation is 1. The van der Waals surface area contributed by atoms with Gasteiger partial charge in [0.15, 0.2) is 0 Å². The van der Waals surface area contributed by atoms with Crippen molar-refractivity contribution >= 4 is 28.9 Å². The first-order chi connectivity index (χ1) is 21.7. The minimum Gasteiger partial charge on any atom is -0.428 e. The summed E-state index contributed by atoms with van der Waals surface area (Å²) in [6.45, 7) is 8.65. The predicted molar refractivity (Wildman–Crippen MR) is 178 cm³/mol. The lowest BCUT2D eigenvalue weighted by atomic mass is 10.0. The highest BCUT2D eigenvalue weighted by molar-refractivity contribution is 5.92. The SMILES string of the molecule is CCCCc1nc2ccc(NC(=O)NCc3ccccc3)cc2n1Cc1ccc(-c2ccccc2OC(=O)OC(C)(C)C)cc1. The smallest absolute Gasteiger partial charge is 0.428 e. The average molecular weight is 605 g/mol. The maximum Gasteiger partial charge on any atom is 0.514 e. The zero-order valence-electron chi connectivity index (χ0n) is 26.3. The van der Waals surface area contributed by atoms with E-state index in [2.05, 4.69) is 34.3 Å². The number of benzene rings is 4. The number of anilines is 1. The Hall–Kier alpha value is -5.11. The van der Waals surface area contributed by atoms with Gasteiger partial charge in [-0.05, 0) is 68.1 Å². The van der Waals surface area contributed by atoms with Gasteiger partial charge in [0.1, 0.15) is 17.2 Å². The summed E-state index contributed by atoms with van der Waals surface area (Å²) in [5.74, 6) is 1.45. The summed E-state index contributed by atoms with van der Waals surface area (Å²) in [6, 6.07) is 31.0. The molecule has 0 fully saturated rings. The number of nitrogens with one attached hydrogen (secondary N) is 2. The van der Waals surface area contributed by atoms with Crippen LogP contribution in [0.5, 0.6) is 5.75 Å². The number of nitrogens with zero attached hydrogens (tertiary/aromatic N) is 2. The van der Waals surface area contributed by atoms with Gasteiger partial charge in [0, 0.05) is 30.8 Å². The summed E-state index contributed by atoms with van der Waals surface area (Å²) >= 11 is 0. The molecule has 0 spiro atoms. The zero-order chi connectivity index (χ0) is 31.8. The third kappa shape index (κ3) is 8.50. The number of unbranched alkanes of at least 4 members (excludes halogenated alkanes) is 1. The first kappa shape index (κ1) is 31.3. The number of hydrogen-bond acceptors (Lipinski definition) is 5. The molecule has 0 unspecified atom stereocenters. The van der Waals surface area contributed by atoms with Gasteiger partial charge in [0.25, 0.3) is 0 Å². The van der Waals surface area contributed by atoms with Crippen LogP contribution in [-0.4, -0.2) is 27.3 Å². The van der Waals surface area contributed by atoms with E-state index in [9.17, 15) is 9.59 Å². The molecule has 0 aliphatic rings. The van der Waals surface area contributed by atoms with Gasteiger partial charge in [0.05, 0.1) is 11.0 Å². The van der Waals surface area contributed by atoms with E-state index in [4.69, 9.17) is 14.5 Å². The Morgan fingerprint density at radius 1 is 0.867 bits per heavy atom. The molecule has 0 saturated heterocycles. The Morgan fingerprint density at radius 3 is 2.33 bits per heavy atom. The van der Waals surface area contributed by atoms with E-state index in [0.29, 0.717) is 24.5 Å². The van der Waals surface area contributed by atoms with Crippen molar-refractivity contribution in [1.29, 1.82) is 0 Å². The molecule has 4 aromatic carbocycles. The molecule has 45 heavy (non-hydrogen) atoms. The summed E-state index contributed by atoms with van der Waals surface area (Å²) in [7, 11) is 0. The fourth-order valence-corrected chi connectivity index (χ4v) is 5.03. The fourth-order valence-electron chi connectivity index (χ4n) is 5.03. The van der Waals surface area contributed by atoms with Crippen LogP contribution < -0.4 is 15.4 Å². The first-order valence-electron chi connectivity index (χ1n) is 15.4. The van der Waals surface area contributed by atoms with Crippen molar-refractivity contribution in [3.8, 4) is 16.9 Å². The number of hydrogen-bond donors (Lipinski definition) is 2. The first-order valence-corrected chi connectivity index (χ1v) is 15.4. The molecule has 0 saturated carbocycles. The van der Waals surface area contributed by atoms with E-state index >= 15 is 0 Å². The molecule has 5 rings (SSSR count). The van der Waals surface area contributed by atoms with Crippen LogP contribution >= 0.6 is 0 Å². The largest absolute Gasteiger partial charge is 0.514 e. The number of rotatable bonds is 10. The van der Waals surface area contributed by atoms with Gasteiger partial charge >= 0.3 is 12.2 Å². The van der Waals surface area contributed by atoms with Gasteiger partial charge in [-0.2, -0.15) is 0 Å². The Bertz CT molecular complexity index is 1760.